The first-order chi connectivity index (χ1) is 9.38. The van der Waals surface area contributed by atoms with E-state index in [0.717, 1.165) is 36.2 Å². The summed E-state index contributed by atoms with van der Waals surface area (Å²) in [5.41, 5.74) is 0. The fraction of sp³-hybridized carbons (Fsp3) is 0.571. The Kier molecular flexibility index (Phi) is 3.82. The van der Waals surface area contributed by atoms with Crippen LogP contribution in [0.2, 0.25) is 0 Å². The quantitative estimate of drug-likeness (QED) is 0.931. The molecule has 1 saturated heterocycles. The monoisotopic (exact) mass is 276 g/mol. The van der Waals surface area contributed by atoms with Gasteiger partial charge < -0.3 is 10.2 Å². The Morgan fingerprint density at radius 1 is 1.21 bits per heavy atom. The van der Waals surface area contributed by atoms with Gasteiger partial charge in [-0.15, -0.1) is 11.3 Å². The zero-order valence-corrected chi connectivity index (χ0v) is 12.2. The summed E-state index contributed by atoms with van der Waals surface area (Å²) in [4.78, 5) is 12.8. The molecule has 19 heavy (non-hydrogen) atoms. The molecule has 2 aromatic rings. The number of nitrogens with zero attached hydrogens (tertiary/aromatic N) is 3. The van der Waals surface area contributed by atoms with Crippen LogP contribution in [0.15, 0.2) is 11.4 Å². The lowest BCUT2D eigenvalue weighted by Crippen LogP contribution is -2.25. The Hall–Kier alpha value is -1.36. The number of thiophene rings is 1. The van der Waals surface area contributed by atoms with Gasteiger partial charge in [0, 0.05) is 19.6 Å². The first-order valence-corrected chi connectivity index (χ1v) is 8.00. The second-order valence-corrected chi connectivity index (χ2v) is 5.84. The molecule has 4 nitrogen and oxygen atoms in total. The fourth-order valence-corrected chi connectivity index (χ4v) is 3.36. The Bertz CT molecular complexity index is 543. The van der Waals surface area contributed by atoms with Crippen molar-refractivity contribution in [3.05, 3.63) is 11.4 Å². The van der Waals surface area contributed by atoms with E-state index in [0.29, 0.717) is 0 Å². The van der Waals surface area contributed by atoms with Gasteiger partial charge >= 0.3 is 0 Å². The van der Waals surface area contributed by atoms with Crippen LogP contribution in [-0.4, -0.2) is 29.6 Å². The second kappa shape index (κ2) is 5.74. The van der Waals surface area contributed by atoms with Crippen LogP contribution in [-0.2, 0) is 0 Å². The number of nitrogens with one attached hydrogen (secondary N) is 1. The van der Waals surface area contributed by atoms with Crippen molar-refractivity contribution in [3.8, 4) is 0 Å². The molecular formula is C14H20N4S. The molecule has 0 radical (unpaired) electrons. The standard InChI is InChI=1S/C14H20N4S/c1-2-15-14-16-12(11-7-10-19-13(11)17-14)18-8-5-3-4-6-9-18/h7,10H,2-6,8-9H2,1H3,(H,15,16,17). The minimum Gasteiger partial charge on any atom is -0.356 e. The van der Waals surface area contributed by atoms with Crippen molar-refractivity contribution in [1.29, 1.82) is 0 Å². The maximum atomic E-state index is 4.74. The molecule has 0 unspecified atom stereocenters. The van der Waals surface area contributed by atoms with Crippen molar-refractivity contribution in [2.45, 2.75) is 32.6 Å². The second-order valence-electron chi connectivity index (χ2n) is 4.94. The van der Waals surface area contributed by atoms with Crippen LogP contribution < -0.4 is 10.2 Å². The summed E-state index contributed by atoms with van der Waals surface area (Å²) in [7, 11) is 0. The predicted octanol–water partition coefficient (Wildman–Crippen LogP) is 3.50. The largest absolute Gasteiger partial charge is 0.356 e. The van der Waals surface area contributed by atoms with E-state index in [1.807, 2.05) is 0 Å². The highest BCUT2D eigenvalue weighted by Gasteiger charge is 2.16. The zero-order chi connectivity index (χ0) is 13.1. The smallest absolute Gasteiger partial charge is 0.226 e. The van der Waals surface area contributed by atoms with Crippen molar-refractivity contribution in [1.82, 2.24) is 9.97 Å². The summed E-state index contributed by atoms with van der Waals surface area (Å²) in [6.45, 7) is 5.17. The molecule has 1 aliphatic heterocycles. The third kappa shape index (κ3) is 2.66. The lowest BCUT2D eigenvalue weighted by atomic mass is 10.2. The highest BCUT2D eigenvalue weighted by atomic mass is 32.1. The van der Waals surface area contributed by atoms with Crippen LogP contribution in [0.5, 0.6) is 0 Å². The average Bonchev–Trinajstić information content (AvgIpc) is 2.72. The van der Waals surface area contributed by atoms with E-state index in [1.54, 1.807) is 11.3 Å². The van der Waals surface area contributed by atoms with Crippen LogP contribution in [0.3, 0.4) is 0 Å². The van der Waals surface area contributed by atoms with Crippen molar-refractivity contribution in [3.63, 3.8) is 0 Å². The van der Waals surface area contributed by atoms with Crippen LogP contribution >= 0.6 is 11.3 Å². The summed E-state index contributed by atoms with van der Waals surface area (Å²) >= 11 is 1.69. The van der Waals surface area contributed by atoms with Crippen molar-refractivity contribution >= 4 is 33.3 Å². The summed E-state index contributed by atoms with van der Waals surface area (Å²) in [5, 5.41) is 6.55. The summed E-state index contributed by atoms with van der Waals surface area (Å²) in [6.07, 6.45) is 5.22. The first-order valence-electron chi connectivity index (χ1n) is 7.12. The molecule has 1 N–H and O–H groups in total. The molecule has 0 saturated carbocycles. The van der Waals surface area contributed by atoms with Crippen LogP contribution in [0.25, 0.3) is 10.2 Å². The molecule has 2 aromatic heterocycles. The van der Waals surface area contributed by atoms with E-state index in [-0.39, 0.29) is 0 Å². The summed E-state index contributed by atoms with van der Waals surface area (Å²) < 4.78 is 0. The molecular weight excluding hydrogens is 256 g/mol. The Morgan fingerprint density at radius 2 is 2.00 bits per heavy atom. The maximum Gasteiger partial charge on any atom is 0.226 e. The van der Waals surface area contributed by atoms with E-state index in [9.17, 15) is 0 Å². The minimum absolute atomic E-state index is 0.761. The van der Waals surface area contributed by atoms with Gasteiger partial charge in [0.05, 0.1) is 5.39 Å². The van der Waals surface area contributed by atoms with Crippen LogP contribution in [0.1, 0.15) is 32.6 Å². The molecule has 0 atom stereocenters. The predicted molar refractivity (Wildman–Crippen MR) is 82.3 cm³/mol. The molecule has 3 rings (SSSR count). The molecule has 102 valence electrons. The third-order valence-corrected chi connectivity index (χ3v) is 4.35. The lowest BCUT2D eigenvalue weighted by Gasteiger charge is -2.22. The molecule has 1 aliphatic rings. The molecule has 0 amide bonds. The summed E-state index contributed by atoms with van der Waals surface area (Å²) in [5.74, 6) is 1.88. The number of anilines is 2. The molecule has 0 aliphatic carbocycles. The number of fused-ring (bicyclic) bond motifs is 1. The number of hydrogen-bond acceptors (Lipinski definition) is 5. The Labute approximate surface area is 117 Å². The highest BCUT2D eigenvalue weighted by molar-refractivity contribution is 7.16. The van der Waals surface area contributed by atoms with Gasteiger partial charge in [-0.3, -0.25) is 0 Å². The third-order valence-electron chi connectivity index (χ3n) is 3.55. The van der Waals surface area contributed by atoms with E-state index in [1.165, 1.54) is 31.1 Å². The fourth-order valence-electron chi connectivity index (χ4n) is 2.60. The van der Waals surface area contributed by atoms with Crippen molar-refractivity contribution in [2.75, 3.05) is 29.9 Å². The lowest BCUT2D eigenvalue weighted by molar-refractivity contribution is 0.726. The average molecular weight is 276 g/mol. The van der Waals surface area contributed by atoms with E-state index >= 15 is 0 Å². The number of hydrogen-bond donors (Lipinski definition) is 1. The van der Waals surface area contributed by atoms with Gasteiger partial charge in [0.1, 0.15) is 10.6 Å². The van der Waals surface area contributed by atoms with Crippen molar-refractivity contribution < 1.29 is 0 Å². The highest BCUT2D eigenvalue weighted by Crippen LogP contribution is 2.30. The molecule has 0 aromatic carbocycles. The van der Waals surface area contributed by atoms with Gasteiger partial charge in [-0.05, 0) is 31.2 Å². The van der Waals surface area contributed by atoms with Gasteiger partial charge in [0.2, 0.25) is 5.95 Å². The number of aromatic nitrogens is 2. The Morgan fingerprint density at radius 3 is 2.74 bits per heavy atom. The molecule has 3 heterocycles. The van der Waals surface area contributed by atoms with Crippen LogP contribution in [0.4, 0.5) is 11.8 Å². The molecule has 1 fully saturated rings. The SMILES string of the molecule is CCNc1nc(N2CCCCCC2)c2ccsc2n1. The zero-order valence-electron chi connectivity index (χ0n) is 11.4. The maximum absolute atomic E-state index is 4.74. The van der Waals surface area contributed by atoms with E-state index in [2.05, 4.69) is 33.6 Å². The van der Waals surface area contributed by atoms with Gasteiger partial charge in [0.25, 0.3) is 0 Å². The Balaban J connectivity index is 2.01. The van der Waals surface area contributed by atoms with Gasteiger partial charge in [-0.1, -0.05) is 12.8 Å². The van der Waals surface area contributed by atoms with Crippen LogP contribution in [0, 0.1) is 0 Å². The molecule has 5 heteroatoms. The number of rotatable bonds is 3. The van der Waals surface area contributed by atoms with Crippen molar-refractivity contribution in [2.24, 2.45) is 0 Å². The topological polar surface area (TPSA) is 41.1 Å². The summed E-state index contributed by atoms with van der Waals surface area (Å²) in [6, 6.07) is 2.15. The van der Waals surface area contributed by atoms with E-state index in [4.69, 9.17) is 4.98 Å². The molecule has 0 spiro atoms. The van der Waals surface area contributed by atoms with Gasteiger partial charge in [0.15, 0.2) is 0 Å². The first kappa shape index (κ1) is 12.7. The molecule has 0 bridgehead atoms. The minimum atomic E-state index is 0.761. The van der Waals surface area contributed by atoms with Gasteiger partial charge in [-0.2, -0.15) is 4.98 Å². The normalized spacial score (nSPS) is 16.6. The van der Waals surface area contributed by atoms with E-state index < -0.39 is 0 Å². The van der Waals surface area contributed by atoms with Gasteiger partial charge in [-0.25, -0.2) is 4.98 Å².